The first-order valence-electron chi connectivity index (χ1n) is 19.9. The van der Waals surface area contributed by atoms with Crippen molar-refractivity contribution < 1.29 is 5.11 Å². The van der Waals surface area contributed by atoms with Crippen molar-refractivity contribution in [3.05, 3.63) is 175 Å². The smallest absolute Gasteiger partial charge is 0.149 e. The van der Waals surface area contributed by atoms with Crippen molar-refractivity contribution in [3.8, 4) is 67.5 Å². The Kier molecular flexibility index (Phi) is 9.04. The topological polar surface area (TPSA) is 63.8 Å². The minimum atomic E-state index is -0.325. The molecule has 9 rings (SSSR count). The third kappa shape index (κ3) is 6.62. The van der Waals surface area contributed by atoms with Crippen LogP contribution in [0.15, 0.2) is 164 Å². The molecule has 0 aliphatic carbocycles. The molecule has 0 saturated heterocycles. The fourth-order valence-corrected chi connectivity index (χ4v) is 8.02. The van der Waals surface area contributed by atoms with Gasteiger partial charge in [-0.3, -0.25) is 14.5 Å². The average molecular weight is 755 g/mol. The quantitative estimate of drug-likeness (QED) is 0.184. The fourth-order valence-electron chi connectivity index (χ4n) is 8.02. The van der Waals surface area contributed by atoms with E-state index in [1.54, 1.807) is 0 Å². The molecule has 0 aliphatic rings. The molecule has 1 N–H and O–H groups in total. The Hall–Kier alpha value is -6.85. The summed E-state index contributed by atoms with van der Waals surface area (Å²) in [6.07, 6.45) is 5.63. The van der Waals surface area contributed by atoms with E-state index in [1.165, 1.54) is 0 Å². The molecule has 0 radical (unpaired) electrons. The van der Waals surface area contributed by atoms with Gasteiger partial charge < -0.3 is 5.11 Å². The summed E-state index contributed by atoms with van der Waals surface area (Å²) >= 11 is 0. The van der Waals surface area contributed by atoms with Crippen LogP contribution in [-0.4, -0.2) is 24.6 Å². The second kappa shape index (κ2) is 14.3. The van der Waals surface area contributed by atoms with Crippen LogP contribution in [0, 0.1) is 0 Å². The highest BCUT2D eigenvalue weighted by Gasteiger charge is 2.29. The summed E-state index contributed by atoms with van der Waals surface area (Å²) in [5.41, 5.74) is 13.0. The van der Waals surface area contributed by atoms with Gasteiger partial charge in [-0.25, -0.2) is 4.98 Å². The van der Waals surface area contributed by atoms with Crippen LogP contribution in [0.4, 0.5) is 0 Å². The van der Waals surface area contributed by atoms with Gasteiger partial charge in [0.05, 0.1) is 28.0 Å². The van der Waals surface area contributed by atoms with Crippen LogP contribution >= 0.6 is 0 Å². The fraction of sp³-hybridized carbons (Fsp3) is 0.151. The standard InChI is InChI=1S/C53H46N4O/c1-52(2,3)40-30-44(50(58)45(31-40)53(4,5)6)51-56-48-41(38-28-39(33-54-32-38)46-29-37(26-27-55-46)34-16-9-7-10-17-34)22-15-23-47(48)57(51)49-42-21-14-13-20-36(42)24-25-43(49)35-18-11-8-12-19-35/h7-33,58H,1-6H3. The van der Waals surface area contributed by atoms with E-state index in [1.807, 2.05) is 36.8 Å². The summed E-state index contributed by atoms with van der Waals surface area (Å²) in [5.74, 6) is 0.916. The molecule has 0 saturated carbocycles. The number of aromatic hydroxyl groups is 1. The van der Waals surface area contributed by atoms with Crippen molar-refractivity contribution in [1.29, 1.82) is 0 Å². The number of pyridine rings is 2. The van der Waals surface area contributed by atoms with Gasteiger partial charge in [0.1, 0.15) is 11.6 Å². The van der Waals surface area contributed by atoms with Crippen LogP contribution in [-0.2, 0) is 10.8 Å². The largest absolute Gasteiger partial charge is 0.507 e. The number of nitrogens with zero attached hydrogens (tertiary/aromatic N) is 4. The summed E-state index contributed by atoms with van der Waals surface area (Å²) in [7, 11) is 0. The molecule has 5 heteroatoms. The lowest BCUT2D eigenvalue weighted by Crippen LogP contribution is -2.17. The number of fused-ring (bicyclic) bond motifs is 2. The number of rotatable bonds is 6. The van der Waals surface area contributed by atoms with E-state index in [2.05, 4.69) is 174 Å². The molecule has 0 aliphatic heterocycles. The van der Waals surface area contributed by atoms with Gasteiger partial charge in [-0.2, -0.15) is 0 Å². The Morgan fingerprint density at radius 2 is 1.24 bits per heavy atom. The highest BCUT2D eigenvalue weighted by atomic mass is 16.3. The number of aromatic nitrogens is 4. The highest BCUT2D eigenvalue weighted by Crippen LogP contribution is 2.46. The molecule has 3 heterocycles. The SMILES string of the molecule is CC(C)(C)c1cc(-c2nc3c(-c4cncc(-c5cc(-c6ccccc6)ccn5)c4)cccc3n2-c2c(-c3ccccc3)ccc3ccccc23)c(O)c(C(C)(C)C)c1. The van der Waals surface area contributed by atoms with E-state index in [0.29, 0.717) is 11.4 Å². The predicted octanol–water partition coefficient (Wildman–Crippen LogP) is 13.6. The van der Waals surface area contributed by atoms with Crippen LogP contribution in [0.1, 0.15) is 52.7 Å². The maximum absolute atomic E-state index is 12.4. The van der Waals surface area contributed by atoms with Gasteiger partial charge in [-0.15, -0.1) is 0 Å². The number of para-hydroxylation sites is 1. The zero-order chi connectivity index (χ0) is 40.2. The second-order valence-electron chi connectivity index (χ2n) is 17.2. The molecule has 6 aromatic carbocycles. The maximum Gasteiger partial charge on any atom is 0.149 e. The molecule has 284 valence electrons. The van der Waals surface area contributed by atoms with E-state index >= 15 is 0 Å². The van der Waals surface area contributed by atoms with Gasteiger partial charge in [0.15, 0.2) is 0 Å². The molecule has 0 unspecified atom stereocenters. The van der Waals surface area contributed by atoms with Crippen molar-refractivity contribution >= 4 is 21.8 Å². The number of phenolic OH excluding ortho intramolecular Hbond substituents is 1. The molecule has 0 bridgehead atoms. The Morgan fingerprint density at radius 3 is 1.98 bits per heavy atom. The van der Waals surface area contributed by atoms with E-state index in [9.17, 15) is 5.11 Å². The Bertz CT molecular complexity index is 2970. The Labute approximate surface area is 340 Å². The van der Waals surface area contributed by atoms with Crippen molar-refractivity contribution in [2.45, 2.75) is 52.4 Å². The van der Waals surface area contributed by atoms with Crippen LogP contribution in [0.3, 0.4) is 0 Å². The summed E-state index contributed by atoms with van der Waals surface area (Å²) in [6, 6.07) is 50.8. The van der Waals surface area contributed by atoms with Gasteiger partial charge in [0.2, 0.25) is 0 Å². The summed E-state index contributed by atoms with van der Waals surface area (Å²) in [6.45, 7) is 13.1. The number of imidazole rings is 1. The first-order valence-corrected chi connectivity index (χ1v) is 19.9. The van der Waals surface area contributed by atoms with Crippen LogP contribution in [0.2, 0.25) is 0 Å². The van der Waals surface area contributed by atoms with E-state index < -0.39 is 0 Å². The molecule has 0 atom stereocenters. The second-order valence-corrected chi connectivity index (χ2v) is 17.2. The molecule has 5 nitrogen and oxygen atoms in total. The third-order valence-corrected chi connectivity index (χ3v) is 11.1. The van der Waals surface area contributed by atoms with Crippen molar-refractivity contribution in [2.75, 3.05) is 0 Å². The molecular formula is C53H46N4O. The molecule has 58 heavy (non-hydrogen) atoms. The zero-order valence-electron chi connectivity index (χ0n) is 33.8. The lowest BCUT2D eigenvalue weighted by atomic mass is 9.79. The minimum absolute atomic E-state index is 0.183. The van der Waals surface area contributed by atoms with E-state index in [4.69, 9.17) is 15.0 Å². The Balaban J connectivity index is 1.35. The minimum Gasteiger partial charge on any atom is -0.507 e. The summed E-state index contributed by atoms with van der Waals surface area (Å²) < 4.78 is 2.28. The summed E-state index contributed by atoms with van der Waals surface area (Å²) in [5, 5.41) is 14.7. The van der Waals surface area contributed by atoms with Gasteiger partial charge in [-0.1, -0.05) is 157 Å². The number of phenols is 1. The molecule has 0 fully saturated rings. The third-order valence-electron chi connectivity index (χ3n) is 11.1. The maximum atomic E-state index is 12.4. The van der Waals surface area contributed by atoms with Crippen LogP contribution < -0.4 is 0 Å². The van der Waals surface area contributed by atoms with Gasteiger partial charge in [0, 0.05) is 51.8 Å². The van der Waals surface area contributed by atoms with Crippen molar-refractivity contribution in [2.24, 2.45) is 0 Å². The number of hydrogen-bond acceptors (Lipinski definition) is 4. The highest BCUT2D eigenvalue weighted by molar-refractivity contribution is 6.03. The first-order chi connectivity index (χ1) is 28.0. The molecule has 9 aromatic rings. The monoisotopic (exact) mass is 754 g/mol. The summed E-state index contributed by atoms with van der Waals surface area (Å²) in [4.78, 5) is 15.1. The van der Waals surface area contributed by atoms with E-state index in [-0.39, 0.29) is 16.6 Å². The lowest BCUT2D eigenvalue weighted by molar-refractivity contribution is 0.446. The molecule has 3 aromatic heterocycles. The van der Waals surface area contributed by atoms with Crippen LogP contribution in [0.25, 0.3) is 83.5 Å². The average Bonchev–Trinajstić information content (AvgIpc) is 3.62. The normalized spacial score (nSPS) is 12.0. The molecule has 0 spiro atoms. The van der Waals surface area contributed by atoms with Crippen molar-refractivity contribution in [1.82, 2.24) is 19.5 Å². The number of benzene rings is 6. The van der Waals surface area contributed by atoms with E-state index in [0.717, 1.165) is 83.3 Å². The molecule has 0 amide bonds. The lowest BCUT2D eigenvalue weighted by Gasteiger charge is -2.28. The van der Waals surface area contributed by atoms with Gasteiger partial charge >= 0.3 is 0 Å². The number of hydrogen-bond donors (Lipinski definition) is 1. The first kappa shape index (κ1) is 36.8. The van der Waals surface area contributed by atoms with Crippen LogP contribution in [0.5, 0.6) is 5.75 Å². The van der Waals surface area contributed by atoms with Gasteiger partial charge in [0.25, 0.3) is 0 Å². The van der Waals surface area contributed by atoms with Crippen molar-refractivity contribution in [3.63, 3.8) is 0 Å². The zero-order valence-corrected chi connectivity index (χ0v) is 33.8. The van der Waals surface area contributed by atoms with Gasteiger partial charge in [-0.05, 0) is 68.8 Å². The molecular weight excluding hydrogens is 709 g/mol. The Morgan fingerprint density at radius 1 is 0.534 bits per heavy atom. The predicted molar refractivity (Wildman–Crippen MR) is 240 cm³/mol.